The van der Waals surface area contributed by atoms with Crippen molar-refractivity contribution in [3.8, 4) is 0 Å². The van der Waals surface area contributed by atoms with E-state index in [0.29, 0.717) is 19.0 Å². The number of rotatable bonds is 5. The van der Waals surface area contributed by atoms with Gasteiger partial charge in [-0.1, -0.05) is 0 Å². The molecular weight excluding hydrogens is 178 g/mol. The van der Waals surface area contributed by atoms with Crippen LogP contribution in [0.1, 0.15) is 37.9 Å². The van der Waals surface area contributed by atoms with E-state index in [0.717, 1.165) is 5.69 Å². The summed E-state index contributed by atoms with van der Waals surface area (Å²) in [5, 5.41) is 8.91. The first kappa shape index (κ1) is 11.2. The van der Waals surface area contributed by atoms with Gasteiger partial charge in [-0.05, 0) is 20.3 Å². The monoisotopic (exact) mass is 197 g/mol. The topological polar surface area (TPSA) is 64.1 Å². The maximum absolute atomic E-state index is 8.91. The summed E-state index contributed by atoms with van der Waals surface area (Å²) in [6.45, 7) is 4.94. The molecule has 0 spiro atoms. The second-order valence-electron chi connectivity index (χ2n) is 3.76. The first-order valence-electron chi connectivity index (χ1n) is 5.03. The summed E-state index contributed by atoms with van der Waals surface area (Å²) in [5.74, 6) is 0.213. The van der Waals surface area contributed by atoms with Crippen molar-refractivity contribution in [2.75, 3.05) is 13.2 Å². The molecule has 1 heterocycles. The quantitative estimate of drug-likeness (QED) is 0.736. The van der Waals surface area contributed by atoms with Gasteiger partial charge in [0.05, 0.1) is 6.33 Å². The fourth-order valence-electron chi connectivity index (χ4n) is 1.60. The van der Waals surface area contributed by atoms with Crippen LogP contribution in [0.4, 0.5) is 0 Å². The standard InChI is InChI=1S/C10H19N3O/c1-8(2)13-7-12-6-10(13)9(5-11)3-4-14/h6-9,14H,3-5,11H2,1-2H3. The predicted octanol–water partition coefficient (Wildman–Crippen LogP) is 0.889. The largest absolute Gasteiger partial charge is 0.396 e. The third-order valence-electron chi connectivity index (χ3n) is 2.43. The summed E-state index contributed by atoms with van der Waals surface area (Å²) >= 11 is 0. The SMILES string of the molecule is CC(C)n1cncc1C(CN)CCO. The van der Waals surface area contributed by atoms with E-state index < -0.39 is 0 Å². The highest BCUT2D eigenvalue weighted by molar-refractivity contribution is 5.08. The molecule has 0 aromatic carbocycles. The molecule has 3 N–H and O–H groups in total. The minimum Gasteiger partial charge on any atom is -0.396 e. The molecule has 0 radical (unpaired) electrons. The molecule has 4 nitrogen and oxygen atoms in total. The number of hydrogen-bond donors (Lipinski definition) is 2. The van der Waals surface area contributed by atoms with Gasteiger partial charge in [0.2, 0.25) is 0 Å². The van der Waals surface area contributed by atoms with Gasteiger partial charge in [-0.15, -0.1) is 0 Å². The van der Waals surface area contributed by atoms with Gasteiger partial charge in [-0.3, -0.25) is 0 Å². The second kappa shape index (κ2) is 5.12. The van der Waals surface area contributed by atoms with Crippen LogP contribution < -0.4 is 5.73 Å². The van der Waals surface area contributed by atoms with E-state index in [4.69, 9.17) is 10.8 Å². The third kappa shape index (κ3) is 2.33. The van der Waals surface area contributed by atoms with Crippen LogP contribution in [0.5, 0.6) is 0 Å². The van der Waals surface area contributed by atoms with E-state index in [2.05, 4.69) is 23.4 Å². The Morgan fingerprint density at radius 3 is 2.79 bits per heavy atom. The first-order valence-corrected chi connectivity index (χ1v) is 5.03. The van der Waals surface area contributed by atoms with Crippen molar-refractivity contribution in [2.45, 2.75) is 32.2 Å². The Bertz CT molecular complexity index is 270. The predicted molar refractivity (Wildman–Crippen MR) is 56.1 cm³/mol. The number of hydrogen-bond acceptors (Lipinski definition) is 3. The van der Waals surface area contributed by atoms with E-state index in [-0.39, 0.29) is 12.5 Å². The van der Waals surface area contributed by atoms with Gasteiger partial charge in [0.15, 0.2) is 0 Å². The Kier molecular flexibility index (Phi) is 4.10. The molecule has 1 aromatic rings. The van der Waals surface area contributed by atoms with Gasteiger partial charge < -0.3 is 15.4 Å². The zero-order chi connectivity index (χ0) is 10.6. The van der Waals surface area contributed by atoms with Crippen molar-refractivity contribution in [1.82, 2.24) is 9.55 Å². The summed E-state index contributed by atoms with van der Waals surface area (Å²) in [4.78, 5) is 4.12. The van der Waals surface area contributed by atoms with Crippen LogP contribution >= 0.6 is 0 Å². The second-order valence-corrected chi connectivity index (χ2v) is 3.76. The molecule has 0 saturated heterocycles. The molecule has 0 bridgehead atoms. The van der Waals surface area contributed by atoms with Crippen molar-refractivity contribution in [2.24, 2.45) is 5.73 Å². The highest BCUT2D eigenvalue weighted by Crippen LogP contribution is 2.20. The van der Waals surface area contributed by atoms with Gasteiger partial charge >= 0.3 is 0 Å². The van der Waals surface area contributed by atoms with Crippen molar-refractivity contribution in [3.05, 3.63) is 18.2 Å². The lowest BCUT2D eigenvalue weighted by molar-refractivity contribution is 0.273. The van der Waals surface area contributed by atoms with E-state index in [1.165, 1.54) is 0 Å². The van der Waals surface area contributed by atoms with Gasteiger partial charge in [0, 0.05) is 37.0 Å². The van der Waals surface area contributed by atoms with Gasteiger partial charge in [0.1, 0.15) is 0 Å². The molecule has 0 aliphatic carbocycles. The Balaban J connectivity index is 2.86. The van der Waals surface area contributed by atoms with Crippen molar-refractivity contribution >= 4 is 0 Å². The van der Waals surface area contributed by atoms with Gasteiger partial charge in [-0.2, -0.15) is 0 Å². The number of nitrogens with two attached hydrogens (primary N) is 1. The summed E-state index contributed by atoms with van der Waals surface area (Å²) in [5.41, 5.74) is 6.79. The molecule has 0 fully saturated rings. The average Bonchev–Trinajstić information content (AvgIpc) is 2.62. The van der Waals surface area contributed by atoms with E-state index in [9.17, 15) is 0 Å². The lowest BCUT2D eigenvalue weighted by atomic mass is 10.0. The summed E-state index contributed by atoms with van der Waals surface area (Å²) in [6.07, 6.45) is 4.36. The van der Waals surface area contributed by atoms with Gasteiger partial charge in [-0.25, -0.2) is 4.98 Å². The number of nitrogens with zero attached hydrogens (tertiary/aromatic N) is 2. The highest BCUT2D eigenvalue weighted by atomic mass is 16.3. The van der Waals surface area contributed by atoms with E-state index in [1.54, 1.807) is 0 Å². The summed E-state index contributed by atoms with van der Waals surface area (Å²) < 4.78 is 2.10. The molecule has 1 aromatic heterocycles. The Hall–Kier alpha value is -0.870. The minimum absolute atomic E-state index is 0.172. The molecule has 0 saturated carbocycles. The lowest BCUT2D eigenvalue weighted by Crippen LogP contribution is -2.18. The Morgan fingerprint density at radius 2 is 2.29 bits per heavy atom. The molecule has 80 valence electrons. The van der Waals surface area contributed by atoms with E-state index in [1.807, 2.05) is 12.5 Å². The molecule has 1 atom stereocenters. The number of aliphatic hydroxyl groups excluding tert-OH is 1. The van der Waals surface area contributed by atoms with Crippen LogP contribution in [0.2, 0.25) is 0 Å². The molecule has 1 unspecified atom stereocenters. The fraction of sp³-hybridized carbons (Fsp3) is 0.700. The van der Waals surface area contributed by atoms with Crippen LogP contribution in [0, 0.1) is 0 Å². The van der Waals surface area contributed by atoms with Crippen LogP contribution in [0.3, 0.4) is 0 Å². The number of imidazole rings is 1. The van der Waals surface area contributed by atoms with Crippen molar-refractivity contribution in [1.29, 1.82) is 0 Å². The number of aromatic nitrogens is 2. The smallest absolute Gasteiger partial charge is 0.0950 e. The normalized spacial score (nSPS) is 13.5. The lowest BCUT2D eigenvalue weighted by Gasteiger charge is -2.18. The minimum atomic E-state index is 0.172. The Labute approximate surface area is 84.8 Å². The zero-order valence-corrected chi connectivity index (χ0v) is 8.85. The molecule has 14 heavy (non-hydrogen) atoms. The van der Waals surface area contributed by atoms with Crippen molar-refractivity contribution < 1.29 is 5.11 Å². The first-order chi connectivity index (χ1) is 6.70. The molecular formula is C10H19N3O. The third-order valence-corrected chi connectivity index (χ3v) is 2.43. The maximum atomic E-state index is 8.91. The van der Waals surface area contributed by atoms with Crippen LogP contribution in [0.25, 0.3) is 0 Å². The zero-order valence-electron chi connectivity index (χ0n) is 8.85. The molecule has 0 amide bonds. The van der Waals surface area contributed by atoms with Crippen LogP contribution in [0.15, 0.2) is 12.5 Å². The van der Waals surface area contributed by atoms with Crippen LogP contribution in [-0.2, 0) is 0 Å². The molecule has 0 aliphatic heterocycles. The molecule has 1 rings (SSSR count). The Morgan fingerprint density at radius 1 is 1.57 bits per heavy atom. The summed E-state index contributed by atoms with van der Waals surface area (Å²) in [7, 11) is 0. The highest BCUT2D eigenvalue weighted by Gasteiger charge is 2.15. The van der Waals surface area contributed by atoms with Gasteiger partial charge in [0.25, 0.3) is 0 Å². The summed E-state index contributed by atoms with van der Waals surface area (Å²) in [6, 6.07) is 0.389. The van der Waals surface area contributed by atoms with Crippen molar-refractivity contribution in [3.63, 3.8) is 0 Å². The maximum Gasteiger partial charge on any atom is 0.0950 e. The fourth-order valence-corrected chi connectivity index (χ4v) is 1.60. The molecule has 0 aliphatic rings. The van der Waals surface area contributed by atoms with E-state index >= 15 is 0 Å². The van der Waals surface area contributed by atoms with Crippen LogP contribution in [-0.4, -0.2) is 27.8 Å². The average molecular weight is 197 g/mol. The number of aliphatic hydroxyl groups is 1. The molecule has 4 heteroatoms.